The molecule has 19 heavy (non-hydrogen) atoms. The van der Waals surface area contributed by atoms with Gasteiger partial charge in [0, 0.05) is 18.0 Å². The standard InChI is InChI=1S/C14H20N2O3/c1-19-12-10-11(6-9-15-12)16-14(13(17)18)7-4-2-3-5-8-14/h6,9-10H,2-5,7-8H2,1H3,(H,15,16)(H,17,18). The fraction of sp³-hybridized carbons (Fsp3) is 0.571. The molecule has 5 heteroatoms. The summed E-state index contributed by atoms with van der Waals surface area (Å²) < 4.78 is 5.06. The normalized spacial score (nSPS) is 18.4. The van der Waals surface area contributed by atoms with Gasteiger partial charge in [0.2, 0.25) is 5.88 Å². The highest BCUT2D eigenvalue weighted by molar-refractivity contribution is 5.82. The van der Waals surface area contributed by atoms with Crippen LogP contribution in [0.25, 0.3) is 0 Å². The van der Waals surface area contributed by atoms with Gasteiger partial charge in [-0.25, -0.2) is 9.78 Å². The lowest BCUT2D eigenvalue weighted by Gasteiger charge is -2.30. The van der Waals surface area contributed by atoms with Crippen LogP contribution in [0.3, 0.4) is 0 Å². The zero-order chi connectivity index (χ0) is 13.7. The average molecular weight is 264 g/mol. The van der Waals surface area contributed by atoms with E-state index in [0.717, 1.165) is 31.4 Å². The Balaban J connectivity index is 2.21. The third-order valence-corrected chi connectivity index (χ3v) is 3.69. The first-order valence-electron chi connectivity index (χ1n) is 6.68. The smallest absolute Gasteiger partial charge is 0.329 e. The van der Waals surface area contributed by atoms with E-state index in [1.807, 2.05) is 0 Å². The molecule has 1 aromatic rings. The van der Waals surface area contributed by atoms with Crippen LogP contribution in [0.2, 0.25) is 0 Å². The van der Waals surface area contributed by atoms with Crippen molar-refractivity contribution >= 4 is 11.7 Å². The fourth-order valence-corrected chi connectivity index (χ4v) is 2.60. The lowest BCUT2D eigenvalue weighted by molar-refractivity contribution is -0.142. The van der Waals surface area contributed by atoms with E-state index in [0.29, 0.717) is 18.7 Å². The predicted octanol–water partition coefficient (Wildman–Crippen LogP) is 2.68. The van der Waals surface area contributed by atoms with Crippen LogP contribution in [0, 0.1) is 0 Å². The fourth-order valence-electron chi connectivity index (χ4n) is 2.60. The molecule has 0 radical (unpaired) electrons. The summed E-state index contributed by atoms with van der Waals surface area (Å²) in [7, 11) is 1.55. The maximum atomic E-state index is 11.7. The minimum atomic E-state index is -0.858. The van der Waals surface area contributed by atoms with Gasteiger partial charge in [0.15, 0.2) is 0 Å². The topological polar surface area (TPSA) is 71.5 Å². The van der Waals surface area contributed by atoms with Gasteiger partial charge in [-0.1, -0.05) is 25.7 Å². The second kappa shape index (κ2) is 5.91. The maximum Gasteiger partial charge on any atom is 0.329 e. The summed E-state index contributed by atoms with van der Waals surface area (Å²) >= 11 is 0. The van der Waals surface area contributed by atoms with E-state index < -0.39 is 11.5 Å². The monoisotopic (exact) mass is 264 g/mol. The number of nitrogens with one attached hydrogen (secondary N) is 1. The number of carboxylic acid groups (broad SMARTS) is 1. The van der Waals surface area contributed by atoms with E-state index in [-0.39, 0.29) is 0 Å². The van der Waals surface area contributed by atoms with Crippen molar-refractivity contribution in [2.75, 3.05) is 12.4 Å². The van der Waals surface area contributed by atoms with Gasteiger partial charge in [0.25, 0.3) is 0 Å². The minimum absolute atomic E-state index is 0.485. The highest BCUT2D eigenvalue weighted by Crippen LogP contribution is 2.31. The van der Waals surface area contributed by atoms with Gasteiger partial charge in [0.1, 0.15) is 5.54 Å². The van der Waals surface area contributed by atoms with Crippen molar-refractivity contribution in [1.29, 1.82) is 0 Å². The molecular weight excluding hydrogens is 244 g/mol. The summed E-state index contributed by atoms with van der Waals surface area (Å²) in [6.45, 7) is 0. The lowest BCUT2D eigenvalue weighted by atomic mass is 9.90. The second-order valence-corrected chi connectivity index (χ2v) is 5.01. The summed E-state index contributed by atoms with van der Waals surface area (Å²) in [5, 5.41) is 12.8. The highest BCUT2D eigenvalue weighted by Gasteiger charge is 2.38. The van der Waals surface area contributed by atoms with Crippen LogP contribution in [0.4, 0.5) is 5.69 Å². The molecule has 5 nitrogen and oxygen atoms in total. The summed E-state index contributed by atoms with van der Waals surface area (Å²) in [5.74, 6) is -0.288. The molecule has 1 saturated carbocycles. The first-order valence-corrected chi connectivity index (χ1v) is 6.68. The Labute approximate surface area is 113 Å². The quantitative estimate of drug-likeness (QED) is 0.818. The number of carboxylic acids is 1. The van der Waals surface area contributed by atoms with E-state index in [4.69, 9.17) is 4.74 Å². The molecule has 0 spiro atoms. The zero-order valence-electron chi connectivity index (χ0n) is 11.2. The molecular formula is C14H20N2O3. The first kappa shape index (κ1) is 13.6. The largest absolute Gasteiger partial charge is 0.481 e. The molecule has 2 rings (SSSR count). The van der Waals surface area contributed by atoms with Gasteiger partial charge in [-0.3, -0.25) is 0 Å². The Morgan fingerprint density at radius 2 is 2.05 bits per heavy atom. The number of ether oxygens (including phenoxy) is 1. The summed E-state index contributed by atoms with van der Waals surface area (Å²) in [4.78, 5) is 15.7. The van der Waals surface area contributed by atoms with Crippen molar-refractivity contribution in [1.82, 2.24) is 4.98 Å². The second-order valence-electron chi connectivity index (χ2n) is 5.01. The maximum absolute atomic E-state index is 11.7. The van der Waals surface area contributed by atoms with Crippen LogP contribution < -0.4 is 10.1 Å². The Morgan fingerprint density at radius 1 is 1.37 bits per heavy atom. The predicted molar refractivity (Wildman–Crippen MR) is 72.5 cm³/mol. The molecule has 0 bridgehead atoms. The van der Waals surface area contributed by atoms with Crippen molar-refractivity contribution in [2.45, 2.75) is 44.1 Å². The van der Waals surface area contributed by atoms with Crippen LogP contribution >= 0.6 is 0 Å². The molecule has 0 saturated heterocycles. The zero-order valence-corrected chi connectivity index (χ0v) is 11.2. The van der Waals surface area contributed by atoms with E-state index in [1.54, 1.807) is 25.4 Å². The Kier molecular flexibility index (Phi) is 4.24. The average Bonchev–Trinajstić information content (AvgIpc) is 2.65. The molecule has 0 amide bonds. The van der Waals surface area contributed by atoms with Crippen molar-refractivity contribution in [2.24, 2.45) is 0 Å². The van der Waals surface area contributed by atoms with Crippen LogP contribution in [0.1, 0.15) is 38.5 Å². The van der Waals surface area contributed by atoms with Gasteiger partial charge >= 0.3 is 5.97 Å². The lowest BCUT2D eigenvalue weighted by Crippen LogP contribution is -2.46. The number of aliphatic carboxylic acids is 1. The molecule has 1 heterocycles. The third-order valence-electron chi connectivity index (χ3n) is 3.69. The van der Waals surface area contributed by atoms with Crippen molar-refractivity contribution in [3.05, 3.63) is 18.3 Å². The number of nitrogens with zero attached hydrogens (tertiary/aromatic N) is 1. The molecule has 2 N–H and O–H groups in total. The van der Waals surface area contributed by atoms with Crippen LogP contribution in [-0.2, 0) is 4.79 Å². The molecule has 0 aromatic carbocycles. The van der Waals surface area contributed by atoms with Crippen LogP contribution in [0.5, 0.6) is 5.88 Å². The van der Waals surface area contributed by atoms with Gasteiger partial charge in [-0.2, -0.15) is 0 Å². The molecule has 1 aliphatic rings. The van der Waals surface area contributed by atoms with Crippen molar-refractivity contribution < 1.29 is 14.6 Å². The Hall–Kier alpha value is -1.78. The van der Waals surface area contributed by atoms with Crippen LogP contribution in [-0.4, -0.2) is 28.7 Å². The number of rotatable bonds is 4. The molecule has 0 aliphatic heterocycles. The molecule has 1 fully saturated rings. The number of hydrogen-bond donors (Lipinski definition) is 2. The summed E-state index contributed by atoms with van der Waals surface area (Å²) in [6.07, 6.45) is 7.04. The van der Waals surface area contributed by atoms with Crippen LogP contribution in [0.15, 0.2) is 18.3 Å². The Morgan fingerprint density at radius 3 is 2.63 bits per heavy atom. The number of hydrogen-bond acceptors (Lipinski definition) is 4. The molecule has 0 atom stereocenters. The van der Waals surface area contributed by atoms with Gasteiger partial charge in [-0.15, -0.1) is 0 Å². The molecule has 104 valence electrons. The highest BCUT2D eigenvalue weighted by atomic mass is 16.5. The van der Waals surface area contributed by atoms with Crippen molar-refractivity contribution in [3.8, 4) is 5.88 Å². The summed E-state index contributed by atoms with van der Waals surface area (Å²) in [6, 6.07) is 3.51. The molecule has 1 aromatic heterocycles. The number of pyridine rings is 1. The van der Waals surface area contributed by atoms with E-state index >= 15 is 0 Å². The number of aromatic nitrogens is 1. The summed E-state index contributed by atoms with van der Waals surface area (Å²) in [5.41, 5.74) is -0.112. The van der Waals surface area contributed by atoms with Gasteiger partial charge in [0.05, 0.1) is 7.11 Å². The number of methoxy groups -OCH3 is 1. The SMILES string of the molecule is COc1cc(NC2(C(=O)O)CCCCCC2)ccn1. The minimum Gasteiger partial charge on any atom is -0.481 e. The van der Waals surface area contributed by atoms with Gasteiger partial charge in [-0.05, 0) is 18.9 Å². The number of carbonyl (C=O) groups is 1. The number of anilines is 1. The molecule has 0 unspecified atom stereocenters. The van der Waals surface area contributed by atoms with Gasteiger partial charge < -0.3 is 15.2 Å². The molecule has 1 aliphatic carbocycles. The third kappa shape index (κ3) is 3.16. The van der Waals surface area contributed by atoms with E-state index in [2.05, 4.69) is 10.3 Å². The van der Waals surface area contributed by atoms with Crippen molar-refractivity contribution in [3.63, 3.8) is 0 Å². The Bertz CT molecular complexity index is 440. The van der Waals surface area contributed by atoms with E-state index in [9.17, 15) is 9.90 Å². The first-order chi connectivity index (χ1) is 9.16. The van der Waals surface area contributed by atoms with E-state index in [1.165, 1.54) is 0 Å².